The molecule has 1 aromatic heterocycles. The molecule has 0 aliphatic heterocycles. The van der Waals surface area contributed by atoms with Crippen LogP contribution >= 0.6 is 12.2 Å². The molecule has 1 amide bonds. The summed E-state index contributed by atoms with van der Waals surface area (Å²) in [6, 6.07) is 13.5. The Morgan fingerprint density at radius 2 is 1.85 bits per heavy atom. The molecule has 0 fully saturated rings. The van der Waals surface area contributed by atoms with Crippen molar-refractivity contribution in [3.63, 3.8) is 0 Å². The SMILES string of the molecule is Cc1n[nH]c(C)c1Cc1ccc(NC(=S)NC(=O)c2ccccc2F)cc1. The molecule has 3 aromatic rings. The van der Waals surface area contributed by atoms with Crippen LogP contribution < -0.4 is 10.6 Å². The number of hydrogen-bond donors (Lipinski definition) is 3. The molecule has 0 bridgehead atoms. The van der Waals surface area contributed by atoms with Gasteiger partial charge in [0.05, 0.1) is 11.3 Å². The average Bonchev–Trinajstić information content (AvgIpc) is 2.95. The van der Waals surface area contributed by atoms with Crippen molar-refractivity contribution >= 4 is 28.9 Å². The lowest BCUT2D eigenvalue weighted by Crippen LogP contribution is -2.34. The molecule has 2 aromatic carbocycles. The fourth-order valence-electron chi connectivity index (χ4n) is 2.72. The summed E-state index contributed by atoms with van der Waals surface area (Å²) in [4.78, 5) is 12.1. The maximum absolute atomic E-state index is 13.6. The number of hydrogen-bond acceptors (Lipinski definition) is 3. The van der Waals surface area contributed by atoms with E-state index in [9.17, 15) is 9.18 Å². The maximum Gasteiger partial charge on any atom is 0.260 e. The molecular formula is C20H19FN4OS. The summed E-state index contributed by atoms with van der Waals surface area (Å²) in [6.07, 6.45) is 0.781. The second kappa shape index (κ2) is 8.09. The Labute approximate surface area is 162 Å². The van der Waals surface area contributed by atoms with Gasteiger partial charge in [-0.2, -0.15) is 5.10 Å². The highest BCUT2D eigenvalue weighted by Gasteiger charge is 2.12. The van der Waals surface area contributed by atoms with Gasteiger partial charge in [-0.15, -0.1) is 0 Å². The van der Waals surface area contributed by atoms with Crippen LogP contribution in [0.15, 0.2) is 48.5 Å². The first-order valence-electron chi connectivity index (χ1n) is 8.40. The molecule has 0 radical (unpaired) electrons. The van der Waals surface area contributed by atoms with E-state index in [-0.39, 0.29) is 10.7 Å². The van der Waals surface area contributed by atoms with Crippen LogP contribution in [0.3, 0.4) is 0 Å². The van der Waals surface area contributed by atoms with Gasteiger partial charge in [-0.3, -0.25) is 15.2 Å². The number of nitrogens with one attached hydrogen (secondary N) is 3. The number of benzene rings is 2. The normalized spacial score (nSPS) is 10.5. The lowest BCUT2D eigenvalue weighted by molar-refractivity contribution is 0.0974. The Hall–Kier alpha value is -3.06. The number of amides is 1. The highest BCUT2D eigenvalue weighted by molar-refractivity contribution is 7.80. The van der Waals surface area contributed by atoms with Gasteiger partial charge < -0.3 is 5.32 Å². The number of carbonyl (C=O) groups excluding carboxylic acids is 1. The van der Waals surface area contributed by atoms with E-state index >= 15 is 0 Å². The van der Waals surface area contributed by atoms with Crippen LogP contribution in [0.1, 0.15) is 32.9 Å². The van der Waals surface area contributed by atoms with E-state index in [4.69, 9.17) is 12.2 Å². The van der Waals surface area contributed by atoms with Crippen molar-refractivity contribution in [2.75, 3.05) is 5.32 Å². The summed E-state index contributed by atoms with van der Waals surface area (Å²) in [5.74, 6) is -1.18. The van der Waals surface area contributed by atoms with Crippen LogP contribution in [0.25, 0.3) is 0 Å². The van der Waals surface area contributed by atoms with Crippen molar-refractivity contribution in [1.82, 2.24) is 15.5 Å². The first-order valence-corrected chi connectivity index (χ1v) is 8.81. The first kappa shape index (κ1) is 18.7. The zero-order valence-corrected chi connectivity index (χ0v) is 15.8. The standard InChI is InChI=1S/C20H19FN4OS/c1-12-17(13(2)25-24-12)11-14-7-9-15(10-8-14)22-20(27)23-19(26)16-5-3-4-6-18(16)21/h3-10H,11H2,1-2H3,(H,24,25)(H2,22,23,26,27). The van der Waals surface area contributed by atoms with Crippen molar-refractivity contribution in [2.24, 2.45) is 0 Å². The minimum atomic E-state index is -0.591. The molecule has 5 nitrogen and oxygen atoms in total. The van der Waals surface area contributed by atoms with E-state index in [1.165, 1.54) is 23.8 Å². The number of carbonyl (C=O) groups is 1. The van der Waals surface area contributed by atoms with E-state index in [0.29, 0.717) is 0 Å². The third kappa shape index (κ3) is 4.57. The molecule has 1 heterocycles. The molecular weight excluding hydrogens is 363 g/mol. The zero-order chi connectivity index (χ0) is 19.4. The fraction of sp³-hybridized carbons (Fsp3) is 0.150. The van der Waals surface area contributed by atoms with Crippen LogP contribution in [-0.2, 0) is 6.42 Å². The van der Waals surface area contributed by atoms with Gasteiger partial charge in [0.1, 0.15) is 5.82 Å². The van der Waals surface area contributed by atoms with E-state index in [1.54, 1.807) is 6.07 Å². The number of H-pyrrole nitrogens is 1. The Bertz CT molecular complexity index is 962. The first-order chi connectivity index (χ1) is 12.9. The minimum absolute atomic E-state index is 0.0529. The molecule has 0 aliphatic rings. The number of aromatic amines is 1. The van der Waals surface area contributed by atoms with Gasteiger partial charge in [-0.05, 0) is 55.9 Å². The number of nitrogens with zero attached hydrogens (tertiary/aromatic N) is 1. The predicted molar refractivity (Wildman–Crippen MR) is 107 cm³/mol. The topological polar surface area (TPSA) is 69.8 Å². The van der Waals surface area contributed by atoms with E-state index in [2.05, 4.69) is 20.8 Å². The summed E-state index contributed by atoms with van der Waals surface area (Å²) in [7, 11) is 0. The van der Waals surface area contributed by atoms with Crippen molar-refractivity contribution in [3.05, 3.63) is 82.4 Å². The third-order valence-electron chi connectivity index (χ3n) is 4.22. The number of rotatable bonds is 4. The maximum atomic E-state index is 13.6. The second-order valence-corrected chi connectivity index (χ2v) is 6.58. The number of aryl methyl sites for hydroxylation is 2. The highest BCUT2D eigenvalue weighted by Crippen LogP contribution is 2.17. The fourth-order valence-corrected chi connectivity index (χ4v) is 2.93. The van der Waals surface area contributed by atoms with Crippen LogP contribution in [0.5, 0.6) is 0 Å². The Kier molecular flexibility index (Phi) is 5.61. The Morgan fingerprint density at radius 1 is 1.15 bits per heavy atom. The molecule has 3 rings (SSSR count). The van der Waals surface area contributed by atoms with Crippen molar-refractivity contribution in [1.29, 1.82) is 0 Å². The van der Waals surface area contributed by atoms with Crippen LogP contribution in [0, 0.1) is 19.7 Å². The van der Waals surface area contributed by atoms with Crippen molar-refractivity contribution in [2.45, 2.75) is 20.3 Å². The van der Waals surface area contributed by atoms with Gasteiger partial charge >= 0.3 is 0 Å². The van der Waals surface area contributed by atoms with Crippen molar-refractivity contribution in [3.8, 4) is 0 Å². The molecule has 27 heavy (non-hydrogen) atoms. The largest absolute Gasteiger partial charge is 0.332 e. The van der Waals surface area contributed by atoms with Crippen LogP contribution in [0.4, 0.5) is 10.1 Å². The van der Waals surface area contributed by atoms with Gasteiger partial charge in [0.15, 0.2) is 5.11 Å². The molecule has 138 valence electrons. The zero-order valence-electron chi connectivity index (χ0n) is 15.0. The smallest absolute Gasteiger partial charge is 0.260 e. The summed E-state index contributed by atoms with van der Waals surface area (Å²) in [6.45, 7) is 3.98. The lowest BCUT2D eigenvalue weighted by atomic mass is 10.0. The summed E-state index contributed by atoms with van der Waals surface area (Å²) < 4.78 is 13.6. The molecule has 0 saturated carbocycles. The molecule has 0 unspecified atom stereocenters. The third-order valence-corrected chi connectivity index (χ3v) is 4.42. The minimum Gasteiger partial charge on any atom is -0.332 e. The van der Waals surface area contributed by atoms with Gasteiger partial charge in [0.2, 0.25) is 0 Å². The van der Waals surface area contributed by atoms with Crippen LogP contribution in [-0.4, -0.2) is 21.2 Å². The van der Waals surface area contributed by atoms with E-state index in [0.717, 1.165) is 29.1 Å². The van der Waals surface area contributed by atoms with Gasteiger partial charge in [-0.25, -0.2) is 4.39 Å². The number of anilines is 1. The van der Waals surface area contributed by atoms with Gasteiger partial charge in [0, 0.05) is 23.4 Å². The number of halogens is 1. The molecule has 0 spiro atoms. The summed E-state index contributed by atoms with van der Waals surface area (Å²) in [5.41, 5.74) is 5.05. The number of thiocarbonyl (C=S) groups is 1. The molecule has 0 saturated heterocycles. The second-order valence-electron chi connectivity index (χ2n) is 6.17. The molecule has 3 N–H and O–H groups in total. The highest BCUT2D eigenvalue weighted by atomic mass is 32.1. The lowest BCUT2D eigenvalue weighted by Gasteiger charge is -2.11. The molecule has 0 atom stereocenters. The molecule has 7 heteroatoms. The number of aromatic nitrogens is 2. The predicted octanol–water partition coefficient (Wildman–Crippen LogP) is 3.88. The monoisotopic (exact) mass is 382 g/mol. The average molecular weight is 382 g/mol. The summed E-state index contributed by atoms with van der Waals surface area (Å²) >= 11 is 5.14. The Balaban J connectivity index is 1.60. The van der Waals surface area contributed by atoms with Crippen LogP contribution in [0.2, 0.25) is 0 Å². The van der Waals surface area contributed by atoms with E-state index < -0.39 is 11.7 Å². The van der Waals surface area contributed by atoms with Gasteiger partial charge in [0.25, 0.3) is 5.91 Å². The van der Waals surface area contributed by atoms with E-state index in [1.807, 2.05) is 38.1 Å². The van der Waals surface area contributed by atoms with Gasteiger partial charge in [-0.1, -0.05) is 24.3 Å². The summed E-state index contributed by atoms with van der Waals surface area (Å²) in [5, 5.41) is 12.7. The Morgan fingerprint density at radius 3 is 2.48 bits per heavy atom. The van der Waals surface area contributed by atoms with Crippen molar-refractivity contribution < 1.29 is 9.18 Å². The molecule has 0 aliphatic carbocycles. The quantitative estimate of drug-likeness (QED) is 0.599.